The zero-order chi connectivity index (χ0) is 40.6. The van der Waals surface area contributed by atoms with Crippen LogP contribution in [0.15, 0.2) is 0 Å². The van der Waals surface area contributed by atoms with Crippen LogP contribution in [0.5, 0.6) is 0 Å². The molecule has 1 aliphatic heterocycles. The second-order valence-electron chi connectivity index (χ2n) is 17.9. The van der Waals surface area contributed by atoms with Gasteiger partial charge in [0.1, 0.15) is 30.5 Å². The average molecular weight is 799 g/mol. The van der Waals surface area contributed by atoms with E-state index in [0.717, 1.165) is 57.3 Å². The van der Waals surface area contributed by atoms with Gasteiger partial charge in [-0.05, 0) is 64.0 Å². The Morgan fingerprint density at radius 3 is 1.66 bits per heavy atom. The quantitative estimate of drug-likeness (QED) is 0.0340. The van der Waals surface area contributed by atoms with Crippen LogP contribution >= 0.6 is 0 Å². The van der Waals surface area contributed by atoms with Crippen molar-refractivity contribution < 1.29 is 44.9 Å². The number of nitrogens with zero attached hydrogens (tertiary/aromatic N) is 1. The van der Waals surface area contributed by atoms with Gasteiger partial charge in [0.25, 0.3) is 0 Å². The molecule has 5 unspecified atom stereocenters. The lowest BCUT2D eigenvalue weighted by atomic mass is 9.49. The Bertz CT molecular complexity index is 988. The van der Waals surface area contributed by atoms with E-state index in [9.17, 15) is 35.4 Å². The van der Waals surface area contributed by atoms with Gasteiger partial charge >= 0.3 is 0 Å². The van der Waals surface area contributed by atoms with E-state index < -0.39 is 55.6 Å². The molecule has 11 heteroatoms. The summed E-state index contributed by atoms with van der Waals surface area (Å²) in [6.45, 7) is 6.08. The largest absolute Gasteiger partial charge is 0.394 e. The van der Waals surface area contributed by atoms with Crippen LogP contribution in [-0.4, -0.2) is 122 Å². The molecule has 0 spiro atoms. The summed E-state index contributed by atoms with van der Waals surface area (Å²) in [5, 5.41) is 65.4. The van der Waals surface area contributed by atoms with Gasteiger partial charge in [-0.2, -0.15) is 0 Å². The predicted octanol–water partition coefficient (Wildman–Crippen LogP) is 6.66. The van der Waals surface area contributed by atoms with E-state index >= 15 is 0 Å². The topological polar surface area (TPSA) is 172 Å². The van der Waals surface area contributed by atoms with Crippen LogP contribution in [0, 0.1) is 5.92 Å². The highest BCUT2D eigenvalue weighted by Gasteiger charge is 2.59. The van der Waals surface area contributed by atoms with Gasteiger partial charge in [0.05, 0.1) is 25.4 Å². The molecule has 1 heterocycles. The van der Waals surface area contributed by atoms with Crippen LogP contribution in [0.25, 0.3) is 0 Å². The Morgan fingerprint density at radius 2 is 1.18 bits per heavy atom. The van der Waals surface area contributed by atoms with Crippen LogP contribution in [0.1, 0.15) is 194 Å². The molecule has 56 heavy (non-hydrogen) atoms. The molecular weight excluding hydrogens is 712 g/mol. The summed E-state index contributed by atoms with van der Waals surface area (Å²) in [5.74, 6) is 0.745. The molecule has 7 N–H and O–H groups in total. The minimum absolute atomic E-state index is 0.253. The summed E-state index contributed by atoms with van der Waals surface area (Å²) in [4.78, 5) is 15.9. The zero-order valence-electron chi connectivity index (χ0n) is 35.7. The van der Waals surface area contributed by atoms with Crippen molar-refractivity contribution in [2.75, 3.05) is 26.3 Å². The van der Waals surface area contributed by atoms with Gasteiger partial charge < -0.3 is 45.4 Å². The average Bonchev–Trinajstić information content (AvgIpc) is 3.15. The number of ether oxygens (including phenoxy) is 2. The molecule has 0 aromatic rings. The molecule has 2 bridgehead atoms. The number of amides is 1. The van der Waals surface area contributed by atoms with Crippen molar-refractivity contribution in [2.45, 2.75) is 248 Å². The number of nitrogens with one attached hydrogen (secondary N) is 1. The van der Waals surface area contributed by atoms with Crippen LogP contribution < -0.4 is 5.32 Å². The molecule has 0 aromatic heterocycles. The van der Waals surface area contributed by atoms with Gasteiger partial charge in [0.2, 0.25) is 5.91 Å². The summed E-state index contributed by atoms with van der Waals surface area (Å²) in [6.07, 6.45) is 22.6. The van der Waals surface area contributed by atoms with Crippen LogP contribution in [0.2, 0.25) is 0 Å². The smallest absolute Gasteiger partial charge is 0.220 e. The van der Waals surface area contributed by atoms with Gasteiger partial charge in [-0.3, -0.25) is 9.69 Å². The number of unbranched alkanes of at least 4 members (excludes halogenated alkanes) is 20. The first kappa shape index (κ1) is 49.5. The highest BCUT2D eigenvalue weighted by atomic mass is 16.7. The van der Waals surface area contributed by atoms with Gasteiger partial charge in [0.15, 0.2) is 6.29 Å². The van der Waals surface area contributed by atoms with Crippen molar-refractivity contribution in [3.8, 4) is 0 Å². The first-order chi connectivity index (χ1) is 27.2. The maximum absolute atomic E-state index is 13.1. The number of rotatable bonds is 36. The van der Waals surface area contributed by atoms with Crippen LogP contribution in [0.4, 0.5) is 0 Å². The van der Waals surface area contributed by atoms with E-state index in [2.05, 4.69) is 24.1 Å². The molecule has 330 valence electrons. The molecule has 3 aliphatic carbocycles. The molecule has 4 aliphatic rings. The number of aliphatic hydroxyl groups is 6. The SMILES string of the molecule is CCCCCCCCCCCCCC[C@@H](O)[C@@H](O)[C@H](COC1OC(CO)C(O)C(O)C1O)NC(=O)CCCCCCCCN(CCCCCCC)C12CC(C1)C2. The number of hydrogen-bond donors (Lipinski definition) is 7. The van der Waals surface area contributed by atoms with Crippen LogP contribution in [-0.2, 0) is 14.3 Å². The third-order valence-electron chi connectivity index (χ3n) is 13.1. The fourth-order valence-electron chi connectivity index (χ4n) is 9.15. The summed E-state index contributed by atoms with van der Waals surface area (Å²) >= 11 is 0. The van der Waals surface area contributed by atoms with E-state index in [1.807, 2.05) is 0 Å². The number of aliphatic hydroxyl groups excluding tert-OH is 6. The maximum Gasteiger partial charge on any atom is 0.220 e. The molecule has 11 nitrogen and oxygen atoms in total. The standard InChI is InChI=1S/C45H86N2O9/c1-3-5-7-9-10-11-12-13-14-15-18-22-26-37(49)40(51)36(34-55-44-43(54)42(53)41(52)38(33-48)56-44)46-39(50)27-23-19-16-17-21-25-29-47(28-24-20-8-6-4-2)45-30-35(31-45)32-45/h35-38,40-44,48-49,51-54H,3-34H2,1-2H3,(H,46,50)/t35?,36-,37+,38?,40-,41?,42?,43?,44?,45?/m0/s1. The minimum atomic E-state index is -1.60. The third kappa shape index (κ3) is 17.4. The molecule has 0 radical (unpaired) electrons. The van der Waals surface area contributed by atoms with Crippen molar-refractivity contribution in [1.29, 1.82) is 0 Å². The van der Waals surface area contributed by atoms with E-state index in [-0.39, 0.29) is 18.9 Å². The molecule has 4 rings (SSSR count). The van der Waals surface area contributed by atoms with Gasteiger partial charge in [-0.25, -0.2) is 0 Å². The number of carbonyl (C=O) groups is 1. The Morgan fingerprint density at radius 1 is 0.696 bits per heavy atom. The summed E-state index contributed by atoms with van der Waals surface area (Å²) in [5.41, 5.74) is 0.538. The normalized spacial score (nSPS) is 27.4. The fourth-order valence-corrected chi connectivity index (χ4v) is 9.15. The Labute approximate surface area is 340 Å². The number of hydrogen-bond acceptors (Lipinski definition) is 10. The maximum atomic E-state index is 13.1. The molecule has 0 aromatic carbocycles. The molecule has 3 saturated carbocycles. The summed E-state index contributed by atoms with van der Waals surface area (Å²) in [7, 11) is 0. The Balaban J connectivity index is 1.36. The molecule has 1 amide bonds. The van der Waals surface area contributed by atoms with E-state index in [0.29, 0.717) is 12.0 Å². The van der Waals surface area contributed by atoms with Crippen molar-refractivity contribution in [1.82, 2.24) is 10.2 Å². The first-order valence-electron chi connectivity index (χ1n) is 23.5. The van der Waals surface area contributed by atoms with Crippen molar-refractivity contribution in [3.63, 3.8) is 0 Å². The molecular formula is C45H86N2O9. The Kier molecular flexibility index (Phi) is 25.2. The fraction of sp³-hybridized carbons (Fsp3) is 0.978. The highest BCUT2D eigenvalue weighted by molar-refractivity contribution is 5.76. The summed E-state index contributed by atoms with van der Waals surface area (Å²) in [6, 6.07) is -0.988. The van der Waals surface area contributed by atoms with E-state index in [1.54, 1.807) is 0 Å². The highest BCUT2D eigenvalue weighted by Crippen LogP contribution is 2.60. The van der Waals surface area contributed by atoms with Crippen LogP contribution in [0.3, 0.4) is 0 Å². The van der Waals surface area contributed by atoms with Gasteiger partial charge in [0, 0.05) is 12.0 Å². The monoisotopic (exact) mass is 799 g/mol. The van der Waals surface area contributed by atoms with E-state index in [1.165, 1.54) is 129 Å². The van der Waals surface area contributed by atoms with Crippen molar-refractivity contribution in [3.05, 3.63) is 0 Å². The first-order valence-corrected chi connectivity index (χ1v) is 23.5. The minimum Gasteiger partial charge on any atom is -0.394 e. The third-order valence-corrected chi connectivity index (χ3v) is 13.1. The molecule has 8 atom stereocenters. The van der Waals surface area contributed by atoms with Crippen molar-refractivity contribution >= 4 is 5.91 Å². The second-order valence-corrected chi connectivity index (χ2v) is 17.9. The molecule has 1 saturated heterocycles. The van der Waals surface area contributed by atoms with Gasteiger partial charge in [-0.15, -0.1) is 0 Å². The molecule has 4 fully saturated rings. The predicted molar refractivity (Wildman–Crippen MR) is 222 cm³/mol. The van der Waals surface area contributed by atoms with Crippen molar-refractivity contribution in [2.24, 2.45) is 5.92 Å². The summed E-state index contributed by atoms with van der Waals surface area (Å²) < 4.78 is 11.2. The zero-order valence-corrected chi connectivity index (χ0v) is 35.7. The second kappa shape index (κ2) is 28.6. The lowest BCUT2D eigenvalue weighted by Gasteiger charge is -2.67. The number of carbonyl (C=O) groups excluding carboxylic acids is 1. The van der Waals surface area contributed by atoms with Gasteiger partial charge in [-0.1, -0.05) is 142 Å². The Hall–Kier alpha value is -0.890. The lowest BCUT2D eigenvalue weighted by Crippen LogP contribution is -2.68. The lowest BCUT2D eigenvalue weighted by molar-refractivity contribution is -0.303. The van der Waals surface area contributed by atoms with E-state index in [4.69, 9.17) is 9.47 Å².